The summed E-state index contributed by atoms with van der Waals surface area (Å²) >= 11 is 0. The average Bonchev–Trinajstić information content (AvgIpc) is 3.29. The predicted octanol–water partition coefficient (Wildman–Crippen LogP) is 3.06. The second kappa shape index (κ2) is 9.62. The van der Waals surface area contributed by atoms with Crippen molar-refractivity contribution in [3.8, 4) is 0 Å². The number of carbonyl (C=O) groups excluding carboxylic acids is 2. The number of β-lactam (4-membered cyclic amide) rings is 1. The van der Waals surface area contributed by atoms with E-state index in [0.29, 0.717) is 19.4 Å². The van der Waals surface area contributed by atoms with E-state index in [9.17, 15) is 19.5 Å². The number of hydrogen-bond acceptors (Lipinski definition) is 5. The molecule has 0 aromatic heterocycles. The molecule has 2 aliphatic rings. The minimum Gasteiger partial charge on any atom is -0.465 e. The van der Waals surface area contributed by atoms with Gasteiger partial charge >= 0.3 is 12.1 Å². The Kier molecular flexibility index (Phi) is 6.65. The van der Waals surface area contributed by atoms with Crippen molar-refractivity contribution < 1.29 is 29.0 Å². The zero-order valence-electron chi connectivity index (χ0n) is 18.6. The number of ether oxygens (including phenoxy) is 2. The summed E-state index contributed by atoms with van der Waals surface area (Å²) in [6.45, 7) is 2.56. The van der Waals surface area contributed by atoms with Gasteiger partial charge in [-0.1, -0.05) is 60.7 Å². The number of hydrogen-bond donors (Lipinski definition) is 1. The third-order valence-corrected chi connectivity index (χ3v) is 6.41. The molecule has 2 fully saturated rings. The van der Waals surface area contributed by atoms with Crippen LogP contribution < -0.4 is 0 Å². The molecule has 1 spiro atoms. The second-order valence-corrected chi connectivity index (χ2v) is 8.54. The third kappa shape index (κ3) is 4.57. The molecular formula is C25H28N2O6. The molecule has 2 unspecified atom stereocenters. The summed E-state index contributed by atoms with van der Waals surface area (Å²) in [7, 11) is 0. The number of carbonyl (C=O) groups is 3. The summed E-state index contributed by atoms with van der Waals surface area (Å²) < 4.78 is 11.5. The lowest BCUT2D eigenvalue weighted by atomic mass is 9.83. The van der Waals surface area contributed by atoms with Crippen molar-refractivity contribution in [3.63, 3.8) is 0 Å². The zero-order valence-corrected chi connectivity index (χ0v) is 18.6. The van der Waals surface area contributed by atoms with Gasteiger partial charge in [0.25, 0.3) is 5.91 Å². The molecule has 2 amide bonds. The van der Waals surface area contributed by atoms with E-state index in [1.165, 1.54) is 9.80 Å². The van der Waals surface area contributed by atoms with E-state index in [-0.39, 0.29) is 25.7 Å². The van der Waals surface area contributed by atoms with Crippen LogP contribution in [0.2, 0.25) is 0 Å². The summed E-state index contributed by atoms with van der Waals surface area (Å²) in [6.07, 6.45) is -0.680. The molecule has 2 aliphatic heterocycles. The molecule has 4 rings (SSSR count). The second-order valence-electron chi connectivity index (χ2n) is 8.54. The van der Waals surface area contributed by atoms with Gasteiger partial charge in [-0.3, -0.25) is 9.69 Å². The monoisotopic (exact) mass is 452 g/mol. The maximum absolute atomic E-state index is 13.3. The lowest BCUT2D eigenvalue weighted by Crippen LogP contribution is -2.76. The largest absolute Gasteiger partial charge is 0.465 e. The van der Waals surface area contributed by atoms with Crippen molar-refractivity contribution in [1.29, 1.82) is 0 Å². The molecule has 0 saturated carbocycles. The van der Waals surface area contributed by atoms with Crippen LogP contribution in [-0.4, -0.2) is 63.7 Å². The van der Waals surface area contributed by atoms with Gasteiger partial charge in [-0.25, -0.2) is 9.59 Å². The van der Waals surface area contributed by atoms with Gasteiger partial charge in [-0.05, 0) is 30.9 Å². The lowest BCUT2D eigenvalue weighted by molar-refractivity contribution is -0.181. The molecule has 3 atom stereocenters. The molecular weight excluding hydrogens is 424 g/mol. The summed E-state index contributed by atoms with van der Waals surface area (Å²) in [5.41, 5.74) is 0.699. The van der Waals surface area contributed by atoms with Crippen LogP contribution in [0.3, 0.4) is 0 Å². The van der Waals surface area contributed by atoms with Crippen LogP contribution >= 0.6 is 0 Å². The molecule has 2 heterocycles. The Balaban J connectivity index is 1.49. The fourth-order valence-corrected chi connectivity index (χ4v) is 4.65. The highest BCUT2D eigenvalue weighted by Gasteiger charge is 2.62. The molecule has 1 N–H and O–H groups in total. The number of likely N-dealkylation sites (tertiary alicyclic amines) is 2. The fraction of sp³-hybridized carbons (Fsp3) is 0.400. The van der Waals surface area contributed by atoms with Crippen LogP contribution in [0, 0.1) is 0 Å². The number of benzene rings is 2. The van der Waals surface area contributed by atoms with E-state index >= 15 is 0 Å². The van der Waals surface area contributed by atoms with Crippen LogP contribution in [0.1, 0.15) is 30.9 Å². The van der Waals surface area contributed by atoms with E-state index in [1.807, 2.05) is 60.7 Å². The minimum absolute atomic E-state index is 0.0794. The number of carboxylic acid groups (broad SMARTS) is 1. The first-order chi connectivity index (χ1) is 15.9. The van der Waals surface area contributed by atoms with Crippen molar-refractivity contribution in [2.45, 2.75) is 50.7 Å². The van der Waals surface area contributed by atoms with Gasteiger partial charge in [0.15, 0.2) is 6.04 Å². The van der Waals surface area contributed by atoms with Crippen LogP contribution in [0.25, 0.3) is 0 Å². The normalized spacial score (nSPS) is 21.5. The molecule has 8 heteroatoms. The first-order valence-corrected chi connectivity index (χ1v) is 11.1. The topological polar surface area (TPSA) is 96.4 Å². The summed E-state index contributed by atoms with van der Waals surface area (Å²) in [5, 5.41) is 9.53. The predicted molar refractivity (Wildman–Crippen MR) is 119 cm³/mol. The van der Waals surface area contributed by atoms with E-state index in [1.54, 1.807) is 6.92 Å². The Morgan fingerprint density at radius 2 is 1.64 bits per heavy atom. The molecule has 0 aliphatic carbocycles. The highest BCUT2D eigenvalue weighted by Crippen LogP contribution is 2.40. The Hall–Kier alpha value is -3.39. The van der Waals surface area contributed by atoms with Gasteiger partial charge in [0, 0.05) is 6.54 Å². The van der Waals surface area contributed by atoms with Gasteiger partial charge in [0.2, 0.25) is 0 Å². The van der Waals surface area contributed by atoms with Crippen LogP contribution in [0.5, 0.6) is 0 Å². The van der Waals surface area contributed by atoms with E-state index in [2.05, 4.69) is 0 Å². The Labute approximate surface area is 192 Å². The molecule has 0 radical (unpaired) electrons. The van der Waals surface area contributed by atoms with Crippen molar-refractivity contribution in [2.24, 2.45) is 0 Å². The molecule has 0 bridgehead atoms. The first-order valence-electron chi connectivity index (χ1n) is 11.1. The van der Waals surface area contributed by atoms with Crippen LogP contribution in [0.4, 0.5) is 4.79 Å². The van der Waals surface area contributed by atoms with E-state index in [4.69, 9.17) is 9.47 Å². The number of rotatable bonds is 8. The third-order valence-electron chi connectivity index (χ3n) is 6.41. The molecule has 33 heavy (non-hydrogen) atoms. The highest BCUT2D eigenvalue weighted by atomic mass is 16.5. The van der Waals surface area contributed by atoms with Crippen molar-refractivity contribution in [3.05, 3.63) is 71.8 Å². The van der Waals surface area contributed by atoms with Crippen molar-refractivity contribution in [1.82, 2.24) is 9.80 Å². The highest BCUT2D eigenvalue weighted by molar-refractivity contribution is 5.99. The van der Waals surface area contributed by atoms with Gasteiger partial charge < -0.3 is 19.5 Å². The van der Waals surface area contributed by atoms with Gasteiger partial charge in [0.05, 0.1) is 19.3 Å². The Bertz CT molecular complexity index is 998. The van der Waals surface area contributed by atoms with Crippen molar-refractivity contribution in [2.75, 3.05) is 13.1 Å². The number of amides is 2. The number of nitrogens with zero attached hydrogens (tertiary/aromatic N) is 2. The molecule has 2 aromatic rings. The van der Waals surface area contributed by atoms with Crippen LogP contribution in [-0.2, 0) is 32.3 Å². The minimum atomic E-state index is -1.11. The zero-order chi connectivity index (χ0) is 23.4. The quantitative estimate of drug-likeness (QED) is 0.489. The standard InChI is InChI=1S/C25H28N2O6/c1-18(32-15-19-9-4-2-5-10-19)21(22(28)33-16-20-11-6-3-7-12-20)26-17-25(23(26)29)13-8-14-27(25)24(30)31/h2-7,9-12,18,21H,8,13-17H2,1H3,(H,30,31)/t18?,21?,25-/m1/s1. The maximum atomic E-state index is 13.3. The lowest BCUT2D eigenvalue weighted by Gasteiger charge is -2.53. The van der Waals surface area contributed by atoms with Gasteiger partial charge in [0.1, 0.15) is 12.1 Å². The smallest absolute Gasteiger partial charge is 0.408 e. The summed E-state index contributed by atoms with van der Waals surface area (Å²) in [6, 6.07) is 17.9. The first kappa shape index (κ1) is 22.8. The summed E-state index contributed by atoms with van der Waals surface area (Å²) in [5.74, 6) is -0.929. The maximum Gasteiger partial charge on any atom is 0.408 e. The molecule has 2 saturated heterocycles. The van der Waals surface area contributed by atoms with E-state index < -0.39 is 29.7 Å². The van der Waals surface area contributed by atoms with Crippen molar-refractivity contribution >= 4 is 18.0 Å². The average molecular weight is 453 g/mol. The summed E-state index contributed by atoms with van der Waals surface area (Å²) in [4.78, 5) is 40.7. The van der Waals surface area contributed by atoms with E-state index in [0.717, 1.165) is 11.1 Å². The Morgan fingerprint density at radius 1 is 1.03 bits per heavy atom. The van der Waals surface area contributed by atoms with Crippen LogP contribution in [0.15, 0.2) is 60.7 Å². The molecule has 2 aromatic carbocycles. The fourth-order valence-electron chi connectivity index (χ4n) is 4.65. The van der Waals surface area contributed by atoms with Gasteiger partial charge in [-0.15, -0.1) is 0 Å². The van der Waals surface area contributed by atoms with Gasteiger partial charge in [-0.2, -0.15) is 0 Å². The number of esters is 1. The molecule has 174 valence electrons. The molecule has 8 nitrogen and oxygen atoms in total. The Morgan fingerprint density at radius 3 is 2.21 bits per heavy atom. The SMILES string of the molecule is CC(OCc1ccccc1)C(C(=O)OCc1ccccc1)N1C[C@]2(CCCN2C(=O)O)C1=O.